The molecule has 0 atom stereocenters. The number of hydrogen-bond donors (Lipinski definition) is 0. The Kier molecular flexibility index (Phi) is 4.94. The van der Waals surface area contributed by atoms with Gasteiger partial charge < -0.3 is 0 Å². The lowest BCUT2D eigenvalue weighted by molar-refractivity contribution is 1.59. The number of rotatable bonds is 4. The van der Waals surface area contributed by atoms with Crippen LogP contribution in [0.15, 0.2) is 72.8 Å². The van der Waals surface area contributed by atoms with Gasteiger partial charge in [0.05, 0.1) is 0 Å². The van der Waals surface area contributed by atoms with E-state index in [0.29, 0.717) is 13.4 Å². The summed E-state index contributed by atoms with van der Waals surface area (Å²) < 4.78 is 0. The summed E-state index contributed by atoms with van der Waals surface area (Å²) in [7, 11) is 0. The Labute approximate surface area is 147 Å². The molecule has 0 aliphatic rings. The zero-order valence-electron chi connectivity index (χ0n) is 15.1. The molecule has 0 amide bonds. The molecule has 0 saturated carbocycles. The minimum atomic E-state index is 0.567. The standard InChI is InChI=1S/C22H24B2/c1-23(2)19-13-9-17(10-14-19)21-7-5-6-8-22(21)18-11-15-20(16-12-18)24(3)4/h5-16H,1-4H3. The van der Waals surface area contributed by atoms with E-state index < -0.39 is 0 Å². The predicted octanol–water partition coefficient (Wildman–Crippen LogP) is 4.94. The van der Waals surface area contributed by atoms with Crippen LogP contribution in [0, 0.1) is 0 Å². The Morgan fingerprint density at radius 3 is 1.08 bits per heavy atom. The first-order valence-electron chi connectivity index (χ1n) is 8.86. The molecule has 0 aromatic heterocycles. The predicted molar refractivity (Wildman–Crippen MR) is 112 cm³/mol. The van der Waals surface area contributed by atoms with Crippen molar-refractivity contribution in [1.29, 1.82) is 0 Å². The summed E-state index contributed by atoms with van der Waals surface area (Å²) in [5.74, 6) is 0. The smallest absolute Gasteiger partial charge is 0.0819 e. The van der Waals surface area contributed by atoms with E-state index in [9.17, 15) is 0 Å². The maximum Gasteiger partial charge on any atom is 0.169 e. The summed E-state index contributed by atoms with van der Waals surface area (Å²) >= 11 is 0. The van der Waals surface area contributed by atoms with Gasteiger partial charge in [0.15, 0.2) is 13.4 Å². The Morgan fingerprint density at radius 2 is 0.792 bits per heavy atom. The van der Waals surface area contributed by atoms with Gasteiger partial charge in [-0.3, -0.25) is 0 Å². The molecule has 0 fully saturated rings. The summed E-state index contributed by atoms with van der Waals surface area (Å²) in [5.41, 5.74) is 7.93. The van der Waals surface area contributed by atoms with Crippen LogP contribution in [0.2, 0.25) is 27.3 Å². The van der Waals surface area contributed by atoms with Gasteiger partial charge in [0.2, 0.25) is 0 Å². The zero-order chi connectivity index (χ0) is 17.1. The normalized spacial score (nSPS) is 10.5. The minimum Gasteiger partial charge on any atom is -0.0819 e. The second-order valence-electron chi connectivity index (χ2n) is 7.10. The van der Waals surface area contributed by atoms with Crippen LogP contribution in [0.4, 0.5) is 0 Å². The van der Waals surface area contributed by atoms with E-state index in [4.69, 9.17) is 0 Å². The highest BCUT2D eigenvalue weighted by Gasteiger charge is 2.09. The van der Waals surface area contributed by atoms with Crippen molar-refractivity contribution in [2.75, 3.05) is 0 Å². The molecule has 0 aliphatic carbocycles. The van der Waals surface area contributed by atoms with Gasteiger partial charge in [-0.15, -0.1) is 0 Å². The molecule has 0 bridgehead atoms. The van der Waals surface area contributed by atoms with Crippen molar-refractivity contribution in [3.8, 4) is 22.3 Å². The van der Waals surface area contributed by atoms with Crippen molar-refractivity contribution in [2.45, 2.75) is 27.3 Å². The third-order valence-electron chi connectivity index (χ3n) is 4.70. The first-order chi connectivity index (χ1) is 11.6. The Balaban J connectivity index is 2.01. The van der Waals surface area contributed by atoms with E-state index in [0.717, 1.165) is 0 Å². The minimum absolute atomic E-state index is 0.567. The van der Waals surface area contributed by atoms with Crippen LogP contribution in [0.25, 0.3) is 22.3 Å². The summed E-state index contributed by atoms with van der Waals surface area (Å²) in [6.07, 6.45) is 0. The molecule has 0 nitrogen and oxygen atoms in total. The molecule has 2 heteroatoms. The molecule has 0 heterocycles. The Bertz CT molecular complexity index is 730. The molecule has 0 unspecified atom stereocenters. The summed E-state index contributed by atoms with van der Waals surface area (Å²) in [4.78, 5) is 0. The molecule has 0 spiro atoms. The van der Waals surface area contributed by atoms with E-state index >= 15 is 0 Å². The molecule has 0 radical (unpaired) electrons. The summed E-state index contributed by atoms with van der Waals surface area (Å²) in [6.45, 7) is 10.1. The quantitative estimate of drug-likeness (QED) is 0.599. The van der Waals surface area contributed by atoms with Crippen molar-refractivity contribution in [2.24, 2.45) is 0 Å². The third kappa shape index (κ3) is 3.48. The van der Waals surface area contributed by atoms with Crippen LogP contribution in [0.3, 0.4) is 0 Å². The topological polar surface area (TPSA) is 0 Å². The average Bonchev–Trinajstić information content (AvgIpc) is 2.62. The molecule has 118 valence electrons. The van der Waals surface area contributed by atoms with Gasteiger partial charge in [0.25, 0.3) is 0 Å². The van der Waals surface area contributed by atoms with Gasteiger partial charge in [-0.25, -0.2) is 0 Å². The van der Waals surface area contributed by atoms with Crippen LogP contribution in [-0.2, 0) is 0 Å². The molecular weight excluding hydrogens is 286 g/mol. The highest BCUT2D eigenvalue weighted by atomic mass is 14.1. The number of benzene rings is 3. The fourth-order valence-electron chi connectivity index (χ4n) is 3.08. The first kappa shape index (κ1) is 16.6. The second-order valence-corrected chi connectivity index (χ2v) is 7.10. The van der Waals surface area contributed by atoms with Crippen LogP contribution in [0.1, 0.15) is 0 Å². The Hall–Kier alpha value is -2.21. The van der Waals surface area contributed by atoms with Crippen LogP contribution < -0.4 is 10.9 Å². The van der Waals surface area contributed by atoms with E-state index in [1.54, 1.807) is 0 Å². The molecule has 24 heavy (non-hydrogen) atoms. The zero-order valence-corrected chi connectivity index (χ0v) is 15.1. The Morgan fingerprint density at radius 1 is 0.458 bits per heavy atom. The second kappa shape index (κ2) is 7.13. The highest BCUT2D eigenvalue weighted by Crippen LogP contribution is 2.31. The van der Waals surface area contributed by atoms with Gasteiger partial charge >= 0.3 is 0 Å². The van der Waals surface area contributed by atoms with Gasteiger partial charge in [0, 0.05) is 0 Å². The van der Waals surface area contributed by atoms with Crippen molar-refractivity contribution in [3.63, 3.8) is 0 Å². The first-order valence-corrected chi connectivity index (χ1v) is 8.86. The molecule has 3 aromatic rings. The lowest BCUT2D eigenvalue weighted by Crippen LogP contribution is -2.21. The summed E-state index contributed by atoms with van der Waals surface area (Å²) in [6, 6.07) is 26.7. The monoisotopic (exact) mass is 310 g/mol. The number of hydrogen-bond acceptors (Lipinski definition) is 0. The van der Waals surface area contributed by atoms with E-state index in [2.05, 4.69) is 100 Å². The van der Waals surface area contributed by atoms with Crippen LogP contribution in [-0.4, -0.2) is 13.4 Å². The van der Waals surface area contributed by atoms with Crippen LogP contribution in [0.5, 0.6) is 0 Å². The SMILES string of the molecule is CB(C)c1ccc(-c2ccccc2-c2ccc(B(C)C)cc2)cc1. The maximum atomic E-state index is 2.25. The third-order valence-corrected chi connectivity index (χ3v) is 4.70. The molecule has 3 aromatic carbocycles. The fourth-order valence-corrected chi connectivity index (χ4v) is 3.08. The van der Waals surface area contributed by atoms with Gasteiger partial charge in [-0.1, -0.05) is 111 Å². The van der Waals surface area contributed by atoms with Crippen LogP contribution >= 0.6 is 0 Å². The lowest BCUT2D eigenvalue weighted by Gasteiger charge is -2.12. The van der Waals surface area contributed by atoms with Crippen molar-refractivity contribution in [3.05, 3.63) is 72.8 Å². The maximum absolute atomic E-state index is 2.25. The van der Waals surface area contributed by atoms with Gasteiger partial charge in [0.1, 0.15) is 0 Å². The van der Waals surface area contributed by atoms with E-state index in [1.807, 2.05) is 0 Å². The molecule has 0 saturated heterocycles. The highest BCUT2D eigenvalue weighted by molar-refractivity contribution is 6.71. The summed E-state index contributed by atoms with van der Waals surface area (Å²) in [5, 5.41) is 0. The lowest BCUT2D eigenvalue weighted by atomic mass is 9.49. The molecule has 0 N–H and O–H groups in total. The van der Waals surface area contributed by atoms with Crippen molar-refractivity contribution >= 4 is 24.4 Å². The fraction of sp³-hybridized carbons (Fsp3) is 0.182. The van der Waals surface area contributed by atoms with Gasteiger partial charge in [-0.05, 0) is 22.3 Å². The van der Waals surface area contributed by atoms with Crippen molar-refractivity contribution in [1.82, 2.24) is 0 Å². The average molecular weight is 310 g/mol. The molecule has 0 aliphatic heterocycles. The largest absolute Gasteiger partial charge is 0.169 e. The van der Waals surface area contributed by atoms with Gasteiger partial charge in [-0.2, -0.15) is 0 Å². The molecule has 3 rings (SSSR count). The van der Waals surface area contributed by atoms with Crippen molar-refractivity contribution < 1.29 is 0 Å². The molecular formula is C22H24B2. The van der Waals surface area contributed by atoms with E-state index in [-0.39, 0.29) is 0 Å². The van der Waals surface area contributed by atoms with E-state index in [1.165, 1.54) is 33.2 Å².